The van der Waals surface area contributed by atoms with E-state index < -0.39 is 5.82 Å². The highest BCUT2D eigenvalue weighted by molar-refractivity contribution is 6.31. The van der Waals surface area contributed by atoms with Gasteiger partial charge in [0.25, 0.3) is 0 Å². The zero-order valence-electron chi connectivity index (χ0n) is 13.2. The van der Waals surface area contributed by atoms with E-state index in [2.05, 4.69) is 27.8 Å². The number of aryl methyl sites for hydroxylation is 1. The van der Waals surface area contributed by atoms with Crippen LogP contribution in [0.5, 0.6) is 0 Å². The fraction of sp³-hybridized carbons (Fsp3) is 0.312. The van der Waals surface area contributed by atoms with Gasteiger partial charge in [-0.2, -0.15) is 0 Å². The molecule has 0 aliphatic rings. The Hall–Kier alpha value is -2.41. The highest BCUT2D eigenvalue weighted by atomic mass is 35.5. The Kier molecular flexibility index (Phi) is 5.10. The van der Waals surface area contributed by atoms with Gasteiger partial charge in [-0.3, -0.25) is 0 Å². The van der Waals surface area contributed by atoms with Crippen LogP contribution in [0.4, 0.5) is 10.3 Å². The van der Waals surface area contributed by atoms with Gasteiger partial charge in [0.2, 0.25) is 5.95 Å². The smallest absolute Gasteiger partial charge is 0.243 e. The molecule has 0 aliphatic heterocycles. The van der Waals surface area contributed by atoms with Crippen molar-refractivity contribution >= 4 is 17.5 Å². The predicted molar refractivity (Wildman–Crippen MR) is 89.2 cm³/mol. The summed E-state index contributed by atoms with van der Waals surface area (Å²) < 4.78 is 20.7. The summed E-state index contributed by atoms with van der Waals surface area (Å²) in [5, 5.41) is 14.8. The Morgan fingerprint density at radius 3 is 2.96 bits per heavy atom. The fourth-order valence-electron chi connectivity index (χ4n) is 2.23. The van der Waals surface area contributed by atoms with Crippen LogP contribution in [0.2, 0.25) is 5.02 Å². The molecular formula is C16H17ClFN5O. The van der Waals surface area contributed by atoms with Gasteiger partial charge >= 0.3 is 0 Å². The number of aromatic nitrogens is 4. The van der Waals surface area contributed by atoms with Gasteiger partial charge in [0.15, 0.2) is 0 Å². The van der Waals surface area contributed by atoms with E-state index in [0.29, 0.717) is 18.3 Å². The molecule has 8 heteroatoms. The lowest BCUT2D eigenvalue weighted by Crippen LogP contribution is -2.08. The highest BCUT2D eigenvalue weighted by Crippen LogP contribution is 2.26. The number of hydrogen-bond acceptors (Lipinski definition) is 5. The molecule has 0 saturated carbocycles. The number of anilines is 1. The minimum absolute atomic E-state index is 0.0682. The molecule has 0 fully saturated rings. The monoisotopic (exact) mass is 349 g/mol. The van der Waals surface area contributed by atoms with Gasteiger partial charge in [-0.1, -0.05) is 30.0 Å². The molecule has 126 valence electrons. The van der Waals surface area contributed by atoms with E-state index >= 15 is 0 Å². The first kappa shape index (κ1) is 16.4. The second-order valence-corrected chi connectivity index (χ2v) is 5.73. The minimum Gasteiger partial charge on any atom is -0.459 e. The molecule has 0 radical (unpaired) electrons. The minimum atomic E-state index is -0.451. The normalized spacial score (nSPS) is 11.0. The van der Waals surface area contributed by atoms with E-state index in [4.69, 9.17) is 16.0 Å². The Labute approximate surface area is 143 Å². The van der Waals surface area contributed by atoms with Crippen molar-refractivity contribution < 1.29 is 8.81 Å². The Balaban J connectivity index is 1.66. The van der Waals surface area contributed by atoms with Crippen molar-refractivity contribution in [3.63, 3.8) is 0 Å². The molecule has 3 aromatic rings. The lowest BCUT2D eigenvalue weighted by atomic mass is 10.2. The molecule has 0 bridgehead atoms. The van der Waals surface area contributed by atoms with E-state index in [1.165, 1.54) is 12.1 Å². The number of unbranched alkanes of at least 4 members (excludes halogenated alkanes) is 1. The Morgan fingerprint density at radius 1 is 1.29 bits per heavy atom. The van der Waals surface area contributed by atoms with Gasteiger partial charge in [-0.25, -0.2) is 9.07 Å². The van der Waals surface area contributed by atoms with Crippen molar-refractivity contribution in [1.82, 2.24) is 20.2 Å². The summed E-state index contributed by atoms with van der Waals surface area (Å²) in [6.45, 7) is 3.33. The zero-order chi connectivity index (χ0) is 16.9. The lowest BCUT2D eigenvalue weighted by molar-refractivity contribution is 0.526. The summed E-state index contributed by atoms with van der Waals surface area (Å²) in [7, 11) is 0. The second-order valence-electron chi connectivity index (χ2n) is 5.33. The van der Waals surface area contributed by atoms with Gasteiger partial charge in [-0.05, 0) is 47.2 Å². The first-order valence-corrected chi connectivity index (χ1v) is 8.09. The second kappa shape index (κ2) is 7.44. The van der Waals surface area contributed by atoms with Crippen molar-refractivity contribution in [2.75, 3.05) is 5.32 Å². The van der Waals surface area contributed by atoms with Gasteiger partial charge in [0.05, 0.1) is 11.6 Å². The molecule has 0 atom stereocenters. The number of rotatable bonds is 7. The average molecular weight is 350 g/mol. The summed E-state index contributed by atoms with van der Waals surface area (Å²) in [5.74, 6) is 1.49. The number of nitrogens with one attached hydrogen (secondary N) is 1. The number of nitrogens with zero attached hydrogens (tertiary/aromatic N) is 4. The van der Waals surface area contributed by atoms with Crippen LogP contribution in [0.1, 0.15) is 25.5 Å². The van der Waals surface area contributed by atoms with E-state index in [9.17, 15) is 4.39 Å². The third kappa shape index (κ3) is 3.73. The first-order valence-electron chi connectivity index (χ1n) is 7.71. The Morgan fingerprint density at radius 2 is 2.17 bits per heavy atom. The molecule has 0 amide bonds. The topological polar surface area (TPSA) is 68.8 Å². The largest absolute Gasteiger partial charge is 0.459 e. The number of hydrogen-bond donors (Lipinski definition) is 1. The third-order valence-corrected chi connectivity index (χ3v) is 3.83. The van der Waals surface area contributed by atoms with E-state index in [0.717, 1.165) is 30.7 Å². The number of halogens is 2. The maximum atomic E-state index is 13.2. The lowest BCUT2D eigenvalue weighted by Gasteiger charge is -2.05. The van der Waals surface area contributed by atoms with Crippen molar-refractivity contribution in [3.05, 3.63) is 46.9 Å². The molecule has 24 heavy (non-hydrogen) atoms. The SMILES string of the molecule is CCCCn1nnnc1NCc1ccc(-c2ccc(F)c(Cl)c2)o1. The van der Waals surface area contributed by atoms with E-state index in [-0.39, 0.29) is 5.02 Å². The van der Waals surface area contributed by atoms with Gasteiger partial charge in [-0.15, -0.1) is 0 Å². The number of tetrazole rings is 1. The van der Waals surface area contributed by atoms with E-state index in [1.54, 1.807) is 10.7 Å². The average Bonchev–Trinajstić information content (AvgIpc) is 3.22. The van der Waals surface area contributed by atoms with Crippen LogP contribution >= 0.6 is 11.6 Å². The van der Waals surface area contributed by atoms with Gasteiger partial charge in [0, 0.05) is 12.1 Å². The highest BCUT2D eigenvalue weighted by Gasteiger charge is 2.09. The maximum absolute atomic E-state index is 13.2. The van der Waals surface area contributed by atoms with Crippen molar-refractivity contribution in [2.45, 2.75) is 32.9 Å². The van der Waals surface area contributed by atoms with Crippen molar-refractivity contribution in [2.24, 2.45) is 0 Å². The predicted octanol–water partition coefficient (Wildman–Crippen LogP) is 4.14. The molecule has 0 unspecified atom stereocenters. The van der Waals surface area contributed by atoms with E-state index in [1.807, 2.05) is 12.1 Å². The van der Waals surface area contributed by atoms with Crippen LogP contribution in [-0.2, 0) is 13.1 Å². The molecule has 6 nitrogen and oxygen atoms in total. The number of furan rings is 1. The molecule has 1 N–H and O–H groups in total. The van der Waals surface area contributed by atoms with Crippen molar-refractivity contribution in [3.8, 4) is 11.3 Å². The summed E-state index contributed by atoms with van der Waals surface area (Å²) >= 11 is 5.80. The summed E-state index contributed by atoms with van der Waals surface area (Å²) in [5.41, 5.74) is 0.723. The Bertz CT molecular complexity index is 816. The molecule has 0 aliphatic carbocycles. The van der Waals surface area contributed by atoms with Crippen LogP contribution in [0.3, 0.4) is 0 Å². The molecule has 2 aromatic heterocycles. The van der Waals surface area contributed by atoms with Crippen LogP contribution in [0, 0.1) is 5.82 Å². The molecular weight excluding hydrogens is 333 g/mol. The zero-order valence-corrected chi connectivity index (χ0v) is 13.9. The molecule has 0 spiro atoms. The number of benzene rings is 1. The van der Waals surface area contributed by atoms with Crippen LogP contribution in [0.15, 0.2) is 34.7 Å². The standard InChI is InChI=1S/C16H17ClFN5O/c1-2-3-8-23-16(20-21-22-23)19-10-12-5-7-15(24-12)11-4-6-14(18)13(17)9-11/h4-7,9H,2-3,8,10H2,1H3,(H,19,20,22). The molecule has 3 rings (SSSR count). The molecule has 2 heterocycles. The van der Waals surface area contributed by atoms with Gasteiger partial charge < -0.3 is 9.73 Å². The molecule has 1 aromatic carbocycles. The maximum Gasteiger partial charge on any atom is 0.243 e. The third-order valence-electron chi connectivity index (χ3n) is 3.54. The van der Waals surface area contributed by atoms with Crippen molar-refractivity contribution in [1.29, 1.82) is 0 Å². The summed E-state index contributed by atoms with van der Waals surface area (Å²) in [6.07, 6.45) is 2.08. The fourth-order valence-corrected chi connectivity index (χ4v) is 2.41. The molecule has 0 saturated heterocycles. The quantitative estimate of drug-likeness (QED) is 0.694. The van der Waals surface area contributed by atoms with Crippen LogP contribution in [0.25, 0.3) is 11.3 Å². The first-order chi connectivity index (χ1) is 11.7. The van der Waals surface area contributed by atoms with Gasteiger partial charge in [0.1, 0.15) is 17.3 Å². The van der Waals surface area contributed by atoms with Crippen LogP contribution in [-0.4, -0.2) is 20.2 Å². The summed E-state index contributed by atoms with van der Waals surface area (Å²) in [4.78, 5) is 0. The summed E-state index contributed by atoms with van der Waals surface area (Å²) in [6, 6.07) is 8.15. The van der Waals surface area contributed by atoms with Crippen LogP contribution < -0.4 is 5.32 Å².